The fourth-order valence-corrected chi connectivity index (χ4v) is 5.22. The van der Waals surface area contributed by atoms with Crippen molar-refractivity contribution in [2.24, 2.45) is 0 Å². The van der Waals surface area contributed by atoms with E-state index < -0.39 is 0 Å². The summed E-state index contributed by atoms with van der Waals surface area (Å²) in [4.78, 5) is 19.7. The van der Waals surface area contributed by atoms with E-state index in [4.69, 9.17) is 9.47 Å². The van der Waals surface area contributed by atoms with Crippen LogP contribution in [-0.4, -0.2) is 54.2 Å². The zero-order valence-corrected chi connectivity index (χ0v) is 18.6. The van der Waals surface area contributed by atoms with Crippen LogP contribution in [0.4, 0.5) is 4.39 Å². The van der Waals surface area contributed by atoms with Crippen LogP contribution in [0, 0.1) is 5.82 Å². The molecule has 1 amide bonds. The number of halogens is 1. The van der Waals surface area contributed by atoms with Gasteiger partial charge in [-0.1, -0.05) is 19.3 Å². The number of amides is 1. The number of aromatic nitrogens is 1. The predicted octanol–water partition coefficient (Wildman–Crippen LogP) is 3.56. The van der Waals surface area contributed by atoms with E-state index in [0.29, 0.717) is 18.9 Å². The predicted molar refractivity (Wildman–Crippen MR) is 118 cm³/mol. The number of rotatable bonds is 8. The number of nitrogens with one attached hydrogen (secondary N) is 1. The molecule has 0 unspecified atom stereocenters. The summed E-state index contributed by atoms with van der Waals surface area (Å²) >= 11 is 1.47. The van der Waals surface area contributed by atoms with Crippen molar-refractivity contribution < 1.29 is 18.7 Å². The Morgan fingerprint density at radius 3 is 2.68 bits per heavy atom. The van der Waals surface area contributed by atoms with E-state index in [1.807, 2.05) is 5.38 Å². The van der Waals surface area contributed by atoms with E-state index in [-0.39, 0.29) is 23.7 Å². The van der Waals surface area contributed by atoms with Gasteiger partial charge < -0.3 is 14.8 Å². The summed E-state index contributed by atoms with van der Waals surface area (Å²) in [6.45, 7) is 4.43. The minimum Gasteiger partial charge on any atom is -0.486 e. The van der Waals surface area contributed by atoms with Crippen molar-refractivity contribution in [1.82, 2.24) is 15.2 Å². The molecular weight excluding hydrogens is 417 g/mol. The molecule has 1 aliphatic heterocycles. The maximum absolute atomic E-state index is 13.0. The van der Waals surface area contributed by atoms with Gasteiger partial charge in [0.05, 0.1) is 25.3 Å². The monoisotopic (exact) mass is 447 g/mol. The molecule has 2 heterocycles. The average Bonchev–Trinajstić information content (AvgIpc) is 3.26. The first-order valence-electron chi connectivity index (χ1n) is 11.0. The standard InChI is InChI=1S/C23H30FN3O3S/c24-18-4-6-20(7-5-18)30-15-22-26-19(16-31-22)14-21(28)25-17-23(8-2-1-3-9-23)27-10-12-29-13-11-27/h4-7,16H,1-3,8-15,17H2,(H,25,28). The number of carbonyl (C=O) groups excluding carboxylic acids is 1. The third-order valence-corrected chi connectivity index (χ3v) is 7.07. The summed E-state index contributed by atoms with van der Waals surface area (Å²) in [6, 6.07) is 5.91. The van der Waals surface area contributed by atoms with Gasteiger partial charge in [-0.25, -0.2) is 9.37 Å². The molecule has 1 saturated carbocycles. The second-order valence-corrected chi connectivity index (χ2v) is 9.26. The lowest BCUT2D eigenvalue weighted by molar-refractivity contribution is -0.121. The SMILES string of the molecule is O=C(Cc1csc(COc2ccc(F)cc2)n1)NCC1(N2CCOCC2)CCCCC1. The molecule has 8 heteroatoms. The Bertz CT molecular complexity index is 846. The summed E-state index contributed by atoms with van der Waals surface area (Å²) in [6.07, 6.45) is 6.25. The molecule has 2 aromatic rings. The number of hydrogen-bond donors (Lipinski definition) is 1. The Morgan fingerprint density at radius 2 is 1.94 bits per heavy atom. The lowest BCUT2D eigenvalue weighted by Gasteiger charge is -2.48. The van der Waals surface area contributed by atoms with Gasteiger partial charge in [0.1, 0.15) is 23.2 Å². The molecule has 1 N–H and O–H groups in total. The Hall–Kier alpha value is -2.03. The van der Waals surface area contributed by atoms with E-state index in [9.17, 15) is 9.18 Å². The molecular formula is C23H30FN3O3S. The molecule has 0 atom stereocenters. The lowest BCUT2D eigenvalue weighted by atomic mass is 9.79. The highest BCUT2D eigenvalue weighted by atomic mass is 32.1. The van der Waals surface area contributed by atoms with E-state index in [2.05, 4.69) is 15.2 Å². The third kappa shape index (κ3) is 6.02. The number of thiazole rings is 1. The molecule has 2 fully saturated rings. The molecule has 1 aromatic carbocycles. The number of hydrogen-bond acceptors (Lipinski definition) is 6. The maximum atomic E-state index is 13.0. The van der Waals surface area contributed by atoms with Gasteiger partial charge in [-0.15, -0.1) is 11.3 Å². The average molecular weight is 448 g/mol. The summed E-state index contributed by atoms with van der Waals surface area (Å²) < 4.78 is 24.1. The van der Waals surface area contributed by atoms with E-state index >= 15 is 0 Å². The van der Waals surface area contributed by atoms with Crippen molar-refractivity contribution >= 4 is 17.2 Å². The summed E-state index contributed by atoms with van der Waals surface area (Å²) in [7, 11) is 0. The number of morpholine rings is 1. The molecule has 4 rings (SSSR count). The van der Waals surface area contributed by atoms with Crippen molar-refractivity contribution in [3.63, 3.8) is 0 Å². The third-order valence-electron chi connectivity index (χ3n) is 6.20. The van der Waals surface area contributed by atoms with Crippen molar-refractivity contribution in [2.45, 2.75) is 50.7 Å². The van der Waals surface area contributed by atoms with Gasteiger partial charge in [0, 0.05) is 30.6 Å². The lowest BCUT2D eigenvalue weighted by Crippen LogP contribution is -2.59. The van der Waals surface area contributed by atoms with Crippen molar-refractivity contribution in [1.29, 1.82) is 0 Å². The van der Waals surface area contributed by atoms with Crippen LogP contribution in [0.25, 0.3) is 0 Å². The number of nitrogens with zero attached hydrogens (tertiary/aromatic N) is 2. The van der Waals surface area contributed by atoms with Crippen LogP contribution in [0.1, 0.15) is 42.8 Å². The maximum Gasteiger partial charge on any atom is 0.226 e. The first kappa shape index (κ1) is 22.2. The van der Waals surface area contributed by atoms with E-state index in [1.54, 1.807) is 12.1 Å². The second kappa shape index (κ2) is 10.5. The Balaban J connectivity index is 1.27. The Kier molecular flexibility index (Phi) is 7.53. The Labute approximate surface area is 186 Å². The smallest absolute Gasteiger partial charge is 0.226 e. The van der Waals surface area contributed by atoms with Gasteiger partial charge in [0.25, 0.3) is 0 Å². The molecule has 2 aliphatic rings. The quantitative estimate of drug-likeness (QED) is 0.671. The topological polar surface area (TPSA) is 63.7 Å². The first-order chi connectivity index (χ1) is 15.1. The van der Waals surface area contributed by atoms with Crippen LogP contribution in [0.2, 0.25) is 0 Å². The number of carbonyl (C=O) groups is 1. The molecule has 31 heavy (non-hydrogen) atoms. The van der Waals surface area contributed by atoms with Crippen LogP contribution < -0.4 is 10.1 Å². The highest BCUT2D eigenvalue weighted by molar-refractivity contribution is 7.09. The van der Waals surface area contributed by atoms with Crippen molar-refractivity contribution in [3.05, 3.63) is 46.2 Å². The van der Waals surface area contributed by atoms with Crippen molar-refractivity contribution in [2.75, 3.05) is 32.8 Å². The molecule has 0 spiro atoms. The fraction of sp³-hybridized carbons (Fsp3) is 0.565. The van der Waals surface area contributed by atoms with Gasteiger partial charge in [-0.3, -0.25) is 9.69 Å². The molecule has 168 valence electrons. The zero-order chi connectivity index (χ0) is 21.5. The van der Waals surface area contributed by atoms with Gasteiger partial charge in [-0.2, -0.15) is 0 Å². The molecule has 0 bridgehead atoms. The summed E-state index contributed by atoms with van der Waals surface area (Å²) in [5.74, 6) is 0.310. The largest absolute Gasteiger partial charge is 0.486 e. The minimum atomic E-state index is -0.293. The van der Waals surface area contributed by atoms with Crippen LogP contribution in [-0.2, 0) is 22.6 Å². The van der Waals surface area contributed by atoms with Crippen molar-refractivity contribution in [3.8, 4) is 5.75 Å². The van der Waals surface area contributed by atoms with E-state index in [1.165, 1.54) is 42.7 Å². The fourth-order valence-electron chi connectivity index (χ4n) is 4.51. The number of benzene rings is 1. The van der Waals surface area contributed by atoms with E-state index in [0.717, 1.165) is 49.8 Å². The van der Waals surface area contributed by atoms with Crippen LogP contribution in [0.3, 0.4) is 0 Å². The summed E-state index contributed by atoms with van der Waals surface area (Å²) in [5.41, 5.74) is 0.817. The van der Waals surface area contributed by atoms with Gasteiger partial charge >= 0.3 is 0 Å². The zero-order valence-electron chi connectivity index (χ0n) is 17.8. The highest BCUT2D eigenvalue weighted by Crippen LogP contribution is 2.33. The molecule has 0 radical (unpaired) electrons. The van der Waals surface area contributed by atoms with Crippen LogP contribution in [0.15, 0.2) is 29.6 Å². The summed E-state index contributed by atoms with van der Waals surface area (Å²) in [5, 5.41) is 5.89. The molecule has 1 aromatic heterocycles. The second-order valence-electron chi connectivity index (χ2n) is 8.31. The number of ether oxygens (including phenoxy) is 2. The van der Waals surface area contributed by atoms with Gasteiger partial charge in [0.2, 0.25) is 5.91 Å². The first-order valence-corrected chi connectivity index (χ1v) is 11.9. The van der Waals surface area contributed by atoms with Crippen LogP contribution in [0.5, 0.6) is 5.75 Å². The van der Waals surface area contributed by atoms with Gasteiger partial charge in [0.15, 0.2) is 0 Å². The highest BCUT2D eigenvalue weighted by Gasteiger charge is 2.38. The van der Waals surface area contributed by atoms with Crippen LogP contribution >= 0.6 is 11.3 Å². The molecule has 1 saturated heterocycles. The Morgan fingerprint density at radius 1 is 1.19 bits per heavy atom. The molecule has 6 nitrogen and oxygen atoms in total. The molecule has 1 aliphatic carbocycles. The van der Waals surface area contributed by atoms with Gasteiger partial charge in [-0.05, 0) is 37.1 Å². The normalized spacial score (nSPS) is 19.1. The minimum absolute atomic E-state index is 0.00881.